The molecule has 0 aliphatic rings. The standard InChI is InChI=1S/C9H10ClNO4S2/c1-7(10)6-15-8(12)5-11-17(13,14)9-3-2-4-16-9/h2-4,11H,1,5-6H2. The van der Waals surface area contributed by atoms with Crippen molar-refractivity contribution in [3.8, 4) is 0 Å². The summed E-state index contributed by atoms with van der Waals surface area (Å²) < 4.78 is 30.1. The van der Waals surface area contributed by atoms with E-state index in [0.717, 1.165) is 11.3 Å². The molecule has 1 rings (SSSR count). The Morgan fingerprint density at radius 1 is 1.59 bits per heavy atom. The Balaban J connectivity index is 2.46. The van der Waals surface area contributed by atoms with Crippen LogP contribution in [-0.2, 0) is 19.6 Å². The number of nitrogens with one attached hydrogen (secondary N) is 1. The summed E-state index contributed by atoms with van der Waals surface area (Å²) in [5, 5.41) is 1.80. The van der Waals surface area contributed by atoms with E-state index in [1.54, 1.807) is 11.4 Å². The van der Waals surface area contributed by atoms with Gasteiger partial charge in [0.2, 0.25) is 0 Å². The fourth-order valence-electron chi connectivity index (χ4n) is 0.851. The molecule has 5 nitrogen and oxygen atoms in total. The number of carbonyl (C=O) groups is 1. The van der Waals surface area contributed by atoms with Crippen LogP contribution in [0.25, 0.3) is 0 Å². The second-order valence-corrected chi connectivity index (χ2v) is 6.41. The monoisotopic (exact) mass is 295 g/mol. The van der Waals surface area contributed by atoms with Crippen LogP contribution in [0.3, 0.4) is 0 Å². The normalized spacial score (nSPS) is 11.1. The smallest absolute Gasteiger partial charge is 0.321 e. The van der Waals surface area contributed by atoms with Gasteiger partial charge in [0, 0.05) is 5.03 Å². The summed E-state index contributed by atoms with van der Waals surface area (Å²) in [6.07, 6.45) is 0. The largest absolute Gasteiger partial charge is 0.459 e. The lowest BCUT2D eigenvalue weighted by molar-refractivity contribution is -0.141. The van der Waals surface area contributed by atoms with Gasteiger partial charge in [-0.05, 0) is 11.4 Å². The molecule has 0 aliphatic heterocycles. The van der Waals surface area contributed by atoms with Crippen molar-refractivity contribution < 1.29 is 17.9 Å². The van der Waals surface area contributed by atoms with Gasteiger partial charge < -0.3 is 4.74 Å². The number of hydrogen-bond donors (Lipinski definition) is 1. The van der Waals surface area contributed by atoms with E-state index in [0.29, 0.717) is 0 Å². The summed E-state index contributed by atoms with van der Waals surface area (Å²) in [7, 11) is -3.64. The lowest BCUT2D eigenvalue weighted by Gasteiger charge is -2.05. The Morgan fingerprint density at radius 2 is 2.29 bits per heavy atom. The van der Waals surface area contributed by atoms with E-state index in [2.05, 4.69) is 16.0 Å². The molecule has 0 unspecified atom stereocenters. The molecule has 1 N–H and O–H groups in total. The number of ether oxygens (including phenoxy) is 1. The molecule has 0 aliphatic carbocycles. The van der Waals surface area contributed by atoms with Crippen LogP contribution in [0.2, 0.25) is 0 Å². The van der Waals surface area contributed by atoms with Crippen LogP contribution in [0.5, 0.6) is 0 Å². The van der Waals surface area contributed by atoms with Gasteiger partial charge in [-0.1, -0.05) is 24.2 Å². The van der Waals surface area contributed by atoms with Gasteiger partial charge in [0.1, 0.15) is 17.4 Å². The van der Waals surface area contributed by atoms with Crippen LogP contribution >= 0.6 is 22.9 Å². The molecule has 1 heterocycles. The Morgan fingerprint density at radius 3 is 2.82 bits per heavy atom. The Kier molecular flexibility index (Phi) is 5.13. The predicted octanol–water partition coefficient (Wildman–Crippen LogP) is 1.32. The summed E-state index contributed by atoms with van der Waals surface area (Å²) >= 11 is 6.45. The number of hydrogen-bond acceptors (Lipinski definition) is 5. The van der Waals surface area contributed by atoms with Crippen molar-refractivity contribution in [3.63, 3.8) is 0 Å². The third kappa shape index (κ3) is 4.86. The van der Waals surface area contributed by atoms with Crippen LogP contribution in [0.1, 0.15) is 0 Å². The van der Waals surface area contributed by atoms with Crippen LogP contribution in [-0.4, -0.2) is 27.5 Å². The van der Waals surface area contributed by atoms with Gasteiger partial charge in [0.25, 0.3) is 10.0 Å². The number of esters is 1. The number of sulfonamides is 1. The average Bonchev–Trinajstić information content (AvgIpc) is 2.77. The topological polar surface area (TPSA) is 72.5 Å². The molecule has 1 aromatic heterocycles. The lowest BCUT2D eigenvalue weighted by Crippen LogP contribution is -2.30. The minimum atomic E-state index is -3.64. The van der Waals surface area contributed by atoms with Gasteiger partial charge >= 0.3 is 5.97 Å². The van der Waals surface area contributed by atoms with E-state index in [9.17, 15) is 13.2 Å². The maximum Gasteiger partial charge on any atom is 0.321 e. The van der Waals surface area contributed by atoms with Crippen molar-refractivity contribution in [1.82, 2.24) is 4.72 Å². The fourth-order valence-corrected chi connectivity index (χ4v) is 2.91. The zero-order valence-corrected chi connectivity index (χ0v) is 11.1. The second-order valence-electron chi connectivity index (χ2n) is 2.93. The minimum absolute atomic E-state index is 0.138. The van der Waals surface area contributed by atoms with Gasteiger partial charge in [0.05, 0.1) is 0 Å². The van der Waals surface area contributed by atoms with Crippen molar-refractivity contribution in [2.24, 2.45) is 0 Å². The summed E-state index contributed by atoms with van der Waals surface area (Å²) in [6.45, 7) is 2.75. The molecule has 0 radical (unpaired) electrons. The van der Waals surface area contributed by atoms with E-state index < -0.39 is 22.5 Å². The summed E-state index contributed by atoms with van der Waals surface area (Å²) in [4.78, 5) is 11.1. The molecule has 0 saturated carbocycles. The molecule has 1 aromatic rings. The predicted molar refractivity (Wildman–Crippen MR) is 65.5 cm³/mol. The average molecular weight is 296 g/mol. The minimum Gasteiger partial charge on any atom is -0.459 e. The maximum absolute atomic E-state index is 11.6. The lowest BCUT2D eigenvalue weighted by atomic mass is 10.6. The number of halogens is 1. The van der Waals surface area contributed by atoms with Crippen molar-refractivity contribution in [2.75, 3.05) is 13.2 Å². The zero-order chi connectivity index (χ0) is 12.9. The van der Waals surface area contributed by atoms with Crippen molar-refractivity contribution in [2.45, 2.75) is 4.21 Å². The molecule has 0 saturated heterocycles. The number of rotatable bonds is 6. The molecule has 0 fully saturated rings. The molecular weight excluding hydrogens is 286 g/mol. The molecule has 17 heavy (non-hydrogen) atoms. The van der Waals surface area contributed by atoms with E-state index >= 15 is 0 Å². The second kappa shape index (κ2) is 6.15. The molecule has 0 amide bonds. The highest BCUT2D eigenvalue weighted by Gasteiger charge is 2.16. The van der Waals surface area contributed by atoms with Gasteiger partial charge in [-0.15, -0.1) is 11.3 Å². The van der Waals surface area contributed by atoms with Gasteiger partial charge in [0.15, 0.2) is 0 Å². The quantitative estimate of drug-likeness (QED) is 0.804. The third-order valence-corrected chi connectivity index (χ3v) is 4.46. The van der Waals surface area contributed by atoms with E-state index in [1.165, 1.54) is 6.07 Å². The van der Waals surface area contributed by atoms with Crippen LogP contribution < -0.4 is 4.72 Å². The highest BCUT2D eigenvalue weighted by molar-refractivity contribution is 7.91. The first kappa shape index (κ1) is 14.2. The SMILES string of the molecule is C=C(Cl)COC(=O)CNS(=O)(=O)c1cccs1. The highest BCUT2D eigenvalue weighted by Crippen LogP contribution is 2.14. The van der Waals surface area contributed by atoms with Gasteiger partial charge in [-0.2, -0.15) is 4.72 Å². The first-order valence-corrected chi connectivity index (χ1v) is 7.18. The molecular formula is C9H10ClNO4S2. The summed E-state index contributed by atoms with van der Waals surface area (Å²) in [6, 6.07) is 3.05. The summed E-state index contributed by atoms with van der Waals surface area (Å²) in [5.74, 6) is -0.716. The van der Waals surface area contributed by atoms with Crippen molar-refractivity contribution in [1.29, 1.82) is 0 Å². The molecule has 0 bridgehead atoms. The first-order valence-electron chi connectivity index (χ1n) is 4.44. The number of thiophene rings is 1. The van der Waals surface area contributed by atoms with Crippen molar-refractivity contribution in [3.05, 3.63) is 29.1 Å². The highest BCUT2D eigenvalue weighted by atomic mass is 35.5. The van der Waals surface area contributed by atoms with E-state index in [1.807, 2.05) is 0 Å². The third-order valence-electron chi connectivity index (χ3n) is 1.56. The van der Waals surface area contributed by atoms with Gasteiger partial charge in [-0.25, -0.2) is 8.42 Å². The Hall–Kier alpha value is -0.890. The molecule has 0 aromatic carbocycles. The fraction of sp³-hybridized carbons (Fsp3) is 0.222. The maximum atomic E-state index is 11.6. The van der Waals surface area contributed by atoms with E-state index in [4.69, 9.17) is 11.6 Å². The zero-order valence-electron chi connectivity index (χ0n) is 8.68. The Labute approximate surface area is 108 Å². The van der Waals surface area contributed by atoms with Gasteiger partial charge in [-0.3, -0.25) is 4.79 Å². The molecule has 94 valence electrons. The Bertz CT molecular complexity index is 495. The van der Waals surface area contributed by atoms with Crippen LogP contribution in [0.4, 0.5) is 0 Å². The van der Waals surface area contributed by atoms with Crippen LogP contribution in [0, 0.1) is 0 Å². The van der Waals surface area contributed by atoms with Crippen LogP contribution in [0.15, 0.2) is 33.3 Å². The molecule has 0 atom stereocenters. The first-order chi connectivity index (χ1) is 7.92. The summed E-state index contributed by atoms with van der Waals surface area (Å²) in [5.41, 5.74) is 0. The van der Waals surface area contributed by atoms with Crippen molar-refractivity contribution >= 4 is 38.9 Å². The number of carbonyl (C=O) groups excluding carboxylic acids is 1. The molecule has 0 spiro atoms. The van der Waals surface area contributed by atoms with E-state index in [-0.39, 0.29) is 15.8 Å². The molecule has 8 heteroatoms.